The molecule has 25 heavy (non-hydrogen) atoms. The lowest BCUT2D eigenvalue weighted by Gasteiger charge is -2.13. The highest BCUT2D eigenvalue weighted by atomic mass is 16.5. The van der Waals surface area contributed by atoms with Gasteiger partial charge in [-0.1, -0.05) is 36.3 Å². The number of ether oxygens (including phenoxy) is 1. The van der Waals surface area contributed by atoms with Gasteiger partial charge in [0.05, 0.1) is 18.8 Å². The summed E-state index contributed by atoms with van der Waals surface area (Å²) in [5, 5.41) is 9.33. The first-order valence-corrected chi connectivity index (χ1v) is 7.25. The fourth-order valence-electron chi connectivity index (χ4n) is 2.30. The second-order valence-electron chi connectivity index (χ2n) is 5.14. The third kappa shape index (κ3) is 4.09. The lowest BCUT2D eigenvalue weighted by Crippen LogP contribution is -2.12. The molecule has 1 N–H and O–H groups in total. The van der Waals surface area contributed by atoms with Crippen molar-refractivity contribution < 1.29 is 35.2 Å². The number of carboxylic acids is 1. The Morgan fingerprint density at radius 3 is 3.00 bits per heavy atom. The van der Waals surface area contributed by atoms with Crippen LogP contribution in [0.5, 0.6) is 5.75 Å². The van der Waals surface area contributed by atoms with Gasteiger partial charge in [-0.2, -0.15) is 0 Å². The van der Waals surface area contributed by atoms with Crippen LogP contribution >= 0.6 is 0 Å². The highest BCUT2D eigenvalue weighted by Crippen LogP contribution is 2.37. The maximum atomic E-state index is 11.5. The predicted molar refractivity (Wildman–Crippen MR) is 98.8 cm³/mol. The molecule has 0 aromatic heterocycles. The fraction of sp³-hybridized carbons (Fsp3) is 0.286. The average molecular weight is 353 g/mol. The number of benzene rings is 2. The summed E-state index contributed by atoms with van der Waals surface area (Å²) in [7, 11) is 0. The number of rotatable bonds is 5. The first-order valence-electron chi connectivity index (χ1n) is 14.8. The Labute approximate surface area is 169 Å². The topological polar surface area (TPSA) is 49.8 Å². The zero-order valence-corrected chi connectivity index (χ0v) is 12.9. The third-order valence-corrected chi connectivity index (χ3v) is 3.34. The van der Waals surface area contributed by atoms with Crippen molar-refractivity contribution >= 4 is 11.5 Å². The van der Waals surface area contributed by atoms with Gasteiger partial charge in [0, 0.05) is 20.3 Å². The molecule has 0 spiro atoms. The third-order valence-electron chi connectivity index (χ3n) is 3.34. The molecule has 2 aromatic carbocycles. The number of fused-ring (bicyclic) bond motifs is 2. The Kier molecular flexibility index (Phi) is 1.99. The molecule has 0 unspecified atom stereocenters. The van der Waals surface area contributed by atoms with Crippen molar-refractivity contribution in [2.75, 3.05) is 20.5 Å². The van der Waals surface area contributed by atoms with Gasteiger partial charge in [-0.05, 0) is 54.7 Å². The van der Waals surface area contributed by atoms with Crippen molar-refractivity contribution in [2.24, 2.45) is 0 Å². The minimum atomic E-state index is -3.06. The Morgan fingerprint density at radius 1 is 1.36 bits per heavy atom. The number of hydrogen-bond acceptors (Lipinski definition) is 3. The fourth-order valence-corrected chi connectivity index (χ4v) is 2.30. The van der Waals surface area contributed by atoms with Crippen LogP contribution in [0.4, 0.5) is 0 Å². The molecule has 130 valence electrons. The van der Waals surface area contributed by atoms with Crippen molar-refractivity contribution in [3.05, 3.63) is 70.6 Å². The number of carbonyl (C=O) groups is 1. The molecule has 1 heterocycles. The van der Waals surface area contributed by atoms with E-state index in [0.29, 0.717) is 0 Å². The summed E-state index contributed by atoms with van der Waals surface area (Å²) in [6.07, 6.45) is -0.179. The number of nitrogens with zero attached hydrogens (tertiary/aromatic N) is 1. The highest BCUT2D eigenvalue weighted by molar-refractivity contribution is 5.85. The Bertz CT molecular complexity index is 1400. The summed E-state index contributed by atoms with van der Waals surface area (Å²) in [6.45, 7) is -9.80. The van der Waals surface area contributed by atoms with E-state index in [4.69, 9.17) is 25.3 Å². The maximum Gasteiger partial charge on any atom is 0.307 e. The van der Waals surface area contributed by atoms with E-state index in [1.165, 1.54) is 0 Å². The van der Waals surface area contributed by atoms with Crippen LogP contribution in [0.15, 0.2) is 48.4 Å². The maximum absolute atomic E-state index is 11.5. The normalized spacial score (nSPS) is 26.3. The summed E-state index contributed by atoms with van der Waals surface area (Å²) in [4.78, 5) is 11.7. The van der Waals surface area contributed by atoms with E-state index < -0.39 is 116 Å². The molecule has 0 amide bonds. The summed E-state index contributed by atoms with van der Waals surface area (Å²) >= 11 is 0. The molecule has 0 bridgehead atoms. The molecule has 2 aromatic rings. The lowest BCUT2D eigenvalue weighted by atomic mass is 9.92. The number of hydrogen-bond donors (Lipinski definition) is 1. The van der Waals surface area contributed by atoms with E-state index in [9.17, 15) is 9.90 Å². The van der Waals surface area contributed by atoms with Crippen LogP contribution in [0.2, 0.25) is 0 Å². The molecule has 0 aliphatic carbocycles. The second kappa shape index (κ2) is 7.53. The minimum absolute atomic E-state index is 0.228. The first-order chi connectivity index (χ1) is 18.1. The Hall–Kier alpha value is -2.59. The Morgan fingerprint density at radius 2 is 2.20 bits per heavy atom. The van der Waals surface area contributed by atoms with E-state index in [2.05, 4.69) is 0 Å². The molecule has 0 saturated heterocycles. The van der Waals surface area contributed by atoms with Gasteiger partial charge < -0.3 is 14.7 Å². The molecule has 4 nitrogen and oxygen atoms in total. The molecule has 0 radical (unpaired) electrons. The molecule has 1 aliphatic heterocycles. The molecular formula is C21H23NO3. The van der Waals surface area contributed by atoms with Crippen molar-refractivity contribution in [2.45, 2.75) is 19.4 Å². The quantitative estimate of drug-likeness (QED) is 0.893. The van der Waals surface area contributed by atoms with Crippen molar-refractivity contribution in [1.82, 2.24) is 4.90 Å². The lowest BCUT2D eigenvalue weighted by molar-refractivity contribution is -0.136. The molecule has 4 heteroatoms. The summed E-state index contributed by atoms with van der Waals surface area (Å²) in [6, 6.07) is -5.48. The van der Waals surface area contributed by atoms with E-state index in [-0.39, 0.29) is 10.5 Å². The first kappa shape index (κ1) is 6.61. The van der Waals surface area contributed by atoms with Crippen LogP contribution in [-0.4, -0.2) is 36.5 Å². The molecule has 1 aliphatic rings. The van der Waals surface area contributed by atoms with Gasteiger partial charge in [0.25, 0.3) is 0 Å². The van der Waals surface area contributed by atoms with Gasteiger partial charge >= 0.3 is 5.97 Å². The Balaban J connectivity index is 2.46. The van der Waals surface area contributed by atoms with Crippen LogP contribution in [0, 0.1) is 0 Å². The largest absolute Gasteiger partial charge is 0.488 e. The standard InChI is InChI=1S/C21H23NO3/c1-22(2)11-5-8-18-17-7-4-3-6-16(17)14-25-20-10-9-15(12-19(18)20)13-21(23)24/h3-4,6-10,12H,5,11,13-14H2,1-2H3,(H,23,24)/b18-8-/i1D3,2D3,3D,4D,6D,7D,9D,10D,12D,14D2. The van der Waals surface area contributed by atoms with Gasteiger partial charge in [-0.25, -0.2) is 0 Å². The van der Waals surface area contributed by atoms with Crippen molar-refractivity contribution in [3.8, 4) is 5.75 Å². The highest BCUT2D eigenvalue weighted by Gasteiger charge is 2.19. The van der Waals surface area contributed by atoms with Crippen LogP contribution in [-0.2, 0) is 17.8 Å². The zero-order chi connectivity index (χ0) is 30.7. The smallest absolute Gasteiger partial charge is 0.307 e. The average Bonchev–Trinajstić information content (AvgIpc) is 2.90. The van der Waals surface area contributed by atoms with E-state index in [1.54, 1.807) is 0 Å². The van der Waals surface area contributed by atoms with Crippen LogP contribution in [0.1, 0.15) is 49.2 Å². The van der Waals surface area contributed by atoms with Crippen molar-refractivity contribution in [1.29, 1.82) is 0 Å². The molecular weight excluding hydrogens is 314 g/mol. The van der Waals surface area contributed by atoms with Crippen LogP contribution in [0.3, 0.4) is 0 Å². The van der Waals surface area contributed by atoms with Gasteiger partial charge in [0.1, 0.15) is 12.3 Å². The minimum Gasteiger partial charge on any atom is -0.488 e. The SMILES string of the molecule is [2H]c1c([2H])c([2H])c2c(c1[2H])/C(=C/CCN(C([2H])([2H])[2H])C([2H])([2H])[2H])c1c([2H])c(CC(=O)O)c([2H])c([2H])c1OC2([2H])[2H]. The van der Waals surface area contributed by atoms with Gasteiger partial charge in [-0.15, -0.1) is 0 Å². The summed E-state index contributed by atoms with van der Waals surface area (Å²) in [5.74, 6) is -2.16. The number of aliphatic carboxylic acids is 1. The van der Waals surface area contributed by atoms with E-state index in [1.807, 2.05) is 0 Å². The van der Waals surface area contributed by atoms with Crippen LogP contribution < -0.4 is 4.74 Å². The van der Waals surface area contributed by atoms with Gasteiger partial charge in [-0.3, -0.25) is 4.79 Å². The molecule has 0 fully saturated rings. The van der Waals surface area contributed by atoms with E-state index >= 15 is 0 Å². The van der Waals surface area contributed by atoms with Crippen molar-refractivity contribution in [3.63, 3.8) is 0 Å². The van der Waals surface area contributed by atoms with Crippen LogP contribution in [0.25, 0.3) is 5.57 Å². The molecule has 0 saturated carbocycles. The van der Waals surface area contributed by atoms with Gasteiger partial charge in [0.15, 0.2) is 0 Å². The monoisotopic (exact) mass is 352 g/mol. The molecule has 0 atom stereocenters. The zero-order valence-electron chi connectivity index (χ0n) is 27.9. The molecule has 3 rings (SSSR count). The second-order valence-corrected chi connectivity index (χ2v) is 5.14. The summed E-state index contributed by atoms with van der Waals surface area (Å²) in [5.41, 5.74) is -2.47. The number of carboxylic acid groups (broad SMARTS) is 1. The predicted octanol–water partition coefficient (Wildman–Crippen LogP) is 3.59. The summed E-state index contributed by atoms with van der Waals surface area (Å²) < 4.78 is 126. The van der Waals surface area contributed by atoms with E-state index in [0.717, 1.165) is 6.08 Å². The van der Waals surface area contributed by atoms with Gasteiger partial charge in [0.2, 0.25) is 0 Å².